The van der Waals surface area contributed by atoms with Gasteiger partial charge in [-0.2, -0.15) is 0 Å². The van der Waals surface area contributed by atoms with Crippen LogP contribution in [0, 0.1) is 0 Å². The summed E-state index contributed by atoms with van der Waals surface area (Å²) >= 11 is 2.61. The van der Waals surface area contributed by atoms with Crippen LogP contribution in [0.1, 0.15) is 38.7 Å². The number of hydrogen-bond donors (Lipinski definition) is 1. The zero-order chi connectivity index (χ0) is 23.2. The van der Waals surface area contributed by atoms with E-state index in [1.807, 2.05) is 66.7 Å². The third kappa shape index (κ3) is 5.48. The summed E-state index contributed by atoms with van der Waals surface area (Å²) in [5.41, 5.74) is 0.903. The molecule has 0 fully saturated rings. The first-order chi connectivity index (χ1) is 15.3. The molecular formula is C27H31O3SeSi. The molecule has 3 rings (SSSR count). The molecule has 0 aromatic heterocycles. The van der Waals surface area contributed by atoms with E-state index in [2.05, 4.69) is 61.0 Å². The molecule has 0 bridgehead atoms. The van der Waals surface area contributed by atoms with Crippen molar-refractivity contribution in [2.24, 2.45) is 0 Å². The van der Waals surface area contributed by atoms with Crippen molar-refractivity contribution in [1.82, 2.24) is 0 Å². The monoisotopic (exact) mass is 511 g/mol. The molecule has 0 saturated carbocycles. The summed E-state index contributed by atoms with van der Waals surface area (Å²) in [6, 6.07) is 30.3. The zero-order valence-electron chi connectivity index (χ0n) is 18.9. The van der Waals surface area contributed by atoms with Gasteiger partial charge in [-0.3, -0.25) is 0 Å². The summed E-state index contributed by atoms with van der Waals surface area (Å²) in [5, 5.41) is 13.2. The van der Waals surface area contributed by atoms with Crippen molar-refractivity contribution in [3.63, 3.8) is 0 Å². The van der Waals surface area contributed by atoms with Crippen LogP contribution in [0.25, 0.3) is 0 Å². The van der Waals surface area contributed by atoms with Crippen LogP contribution in [0.15, 0.2) is 91.0 Å². The fraction of sp³-hybridized carbons (Fsp3) is 0.296. The second-order valence-electron chi connectivity index (χ2n) is 9.15. The minimum absolute atomic E-state index is 0.0688. The van der Waals surface area contributed by atoms with Crippen LogP contribution in [0.5, 0.6) is 0 Å². The summed E-state index contributed by atoms with van der Waals surface area (Å²) in [7, 11) is -2.72. The van der Waals surface area contributed by atoms with E-state index in [0.717, 1.165) is 5.56 Å². The minimum atomic E-state index is -2.72. The predicted molar refractivity (Wildman–Crippen MR) is 134 cm³/mol. The van der Waals surface area contributed by atoms with Gasteiger partial charge in [0.25, 0.3) is 0 Å². The van der Waals surface area contributed by atoms with Gasteiger partial charge >= 0.3 is 201 Å². The van der Waals surface area contributed by atoms with Gasteiger partial charge in [0.15, 0.2) is 0 Å². The molecule has 0 unspecified atom stereocenters. The summed E-state index contributed by atoms with van der Waals surface area (Å²) in [4.78, 5) is 12.3. The van der Waals surface area contributed by atoms with E-state index in [1.165, 1.54) is 10.4 Å². The van der Waals surface area contributed by atoms with E-state index in [4.69, 9.17) is 4.43 Å². The molecule has 167 valence electrons. The van der Waals surface area contributed by atoms with Crippen molar-refractivity contribution in [2.45, 2.75) is 44.3 Å². The van der Waals surface area contributed by atoms with E-state index < -0.39 is 20.3 Å². The van der Waals surface area contributed by atoms with Crippen molar-refractivity contribution < 1.29 is 14.3 Å². The molecule has 2 atom stereocenters. The van der Waals surface area contributed by atoms with Gasteiger partial charge in [-0.25, -0.2) is 0 Å². The van der Waals surface area contributed by atoms with Gasteiger partial charge in [0, 0.05) is 0 Å². The molecule has 3 nitrogen and oxygen atoms in total. The van der Waals surface area contributed by atoms with Crippen LogP contribution in [-0.2, 0) is 9.22 Å². The number of carbonyl (C=O) groups is 1. The molecule has 0 spiro atoms. The Morgan fingerprint density at radius 1 is 0.875 bits per heavy atom. The Kier molecular flexibility index (Phi) is 8.26. The van der Waals surface area contributed by atoms with Gasteiger partial charge < -0.3 is 0 Å². The third-order valence-electron chi connectivity index (χ3n) is 5.90. The van der Waals surface area contributed by atoms with Crippen LogP contribution in [0.2, 0.25) is 5.04 Å². The fourth-order valence-electron chi connectivity index (χ4n) is 4.38. The van der Waals surface area contributed by atoms with Crippen molar-refractivity contribution >= 4 is 39.4 Å². The average Bonchev–Trinajstić information content (AvgIpc) is 2.79. The summed E-state index contributed by atoms with van der Waals surface area (Å²) in [6.45, 7) is 6.80. The summed E-state index contributed by atoms with van der Waals surface area (Å²) in [6.07, 6.45) is -0.451. The molecule has 0 saturated heterocycles. The Labute approximate surface area is 200 Å². The molecule has 5 heteroatoms. The molecule has 3 aromatic rings. The topological polar surface area (TPSA) is 46.5 Å². The number of hydrogen-bond acceptors (Lipinski definition) is 3. The molecule has 3 aromatic carbocycles. The van der Waals surface area contributed by atoms with Crippen LogP contribution in [0.3, 0.4) is 0 Å². The Morgan fingerprint density at radius 2 is 1.31 bits per heavy atom. The van der Waals surface area contributed by atoms with Gasteiger partial charge in [-0.05, 0) is 0 Å². The molecule has 0 aliphatic heterocycles. The first-order valence-corrected chi connectivity index (χ1v) is 13.7. The number of aliphatic hydroxyl groups is 1. The molecule has 32 heavy (non-hydrogen) atoms. The number of carbonyl (C=O) groups excluding carboxylic acids is 1. The maximum absolute atomic E-state index is 12.3. The Balaban J connectivity index is 1.91. The second kappa shape index (κ2) is 10.7. The van der Waals surface area contributed by atoms with Crippen molar-refractivity contribution in [2.75, 3.05) is 6.61 Å². The van der Waals surface area contributed by atoms with Gasteiger partial charge in [0.2, 0.25) is 0 Å². The van der Waals surface area contributed by atoms with Crippen LogP contribution in [0.4, 0.5) is 0 Å². The molecule has 0 aliphatic rings. The Bertz CT molecular complexity index is 948. The molecule has 0 heterocycles. The summed E-state index contributed by atoms with van der Waals surface area (Å²) < 4.78 is 6.74. The van der Waals surface area contributed by atoms with Crippen molar-refractivity contribution in [1.29, 1.82) is 0 Å². The van der Waals surface area contributed by atoms with E-state index in [-0.39, 0.29) is 16.3 Å². The SMILES string of the molecule is CC(C)(C)[Si](OC[C@@H](O)C[C@H](C(=O)[Se])c1ccccc1)(c1ccccc1)c1ccccc1. The normalized spacial score (nSPS) is 14.0. The van der Waals surface area contributed by atoms with Crippen LogP contribution >= 0.6 is 0 Å². The van der Waals surface area contributed by atoms with E-state index in [1.54, 1.807) is 0 Å². The average molecular weight is 511 g/mol. The van der Waals surface area contributed by atoms with Gasteiger partial charge in [0.1, 0.15) is 0 Å². The zero-order valence-corrected chi connectivity index (χ0v) is 21.6. The van der Waals surface area contributed by atoms with E-state index in [0.29, 0.717) is 6.42 Å². The second-order valence-corrected chi connectivity index (χ2v) is 14.3. The number of rotatable bonds is 9. The quantitative estimate of drug-likeness (QED) is 0.446. The predicted octanol–water partition coefficient (Wildman–Crippen LogP) is 3.79. The molecule has 1 radical (unpaired) electrons. The van der Waals surface area contributed by atoms with Gasteiger partial charge in [-0.1, -0.05) is 0 Å². The number of aliphatic hydroxyl groups excluding tert-OH is 1. The molecule has 1 N–H and O–H groups in total. The van der Waals surface area contributed by atoms with Gasteiger partial charge in [-0.15, -0.1) is 0 Å². The first-order valence-electron chi connectivity index (χ1n) is 10.9. The van der Waals surface area contributed by atoms with Gasteiger partial charge in [0.05, 0.1) is 0 Å². The first kappa shape index (κ1) is 24.6. The maximum atomic E-state index is 12.3. The summed E-state index contributed by atoms with van der Waals surface area (Å²) in [5.74, 6) is -0.394. The van der Waals surface area contributed by atoms with Crippen molar-refractivity contribution in [3.8, 4) is 0 Å². The fourth-order valence-corrected chi connectivity index (χ4v) is 9.46. The van der Waals surface area contributed by atoms with Crippen molar-refractivity contribution in [3.05, 3.63) is 96.6 Å². The van der Waals surface area contributed by atoms with E-state index >= 15 is 0 Å². The molecule has 0 aliphatic carbocycles. The van der Waals surface area contributed by atoms with E-state index in [9.17, 15) is 9.90 Å². The van der Waals surface area contributed by atoms with Crippen LogP contribution < -0.4 is 10.4 Å². The molecule has 0 amide bonds. The standard InChI is InChI=1S/C27H31O3SeSi/c1-27(2,3)32(23-15-9-5-10-16-23,24-17-11-6-12-18-24)30-20-22(28)19-25(26(29)31)21-13-7-4-8-14-21/h4-18,22,25,28H,19-20H2,1-3H3/t22-,25-/m0/s1. The third-order valence-corrected chi connectivity index (χ3v) is 11.5. The van der Waals surface area contributed by atoms with Crippen LogP contribution in [-0.4, -0.2) is 46.8 Å². The molecular weight excluding hydrogens is 479 g/mol. The Morgan fingerprint density at radius 3 is 1.72 bits per heavy atom. The number of benzene rings is 3. The Hall–Kier alpha value is -2.01.